The van der Waals surface area contributed by atoms with Gasteiger partial charge in [0.2, 0.25) is 6.41 Å². The second-order valence-electron chi connectivity index (χ2n) is 2.96. The first kappa shape index (κ1) is 7.54. The number of hydrogen-bond donors (Lipinski definition) is 1. The van der Waals surface area contributed by atoms with Gasteiger partial charge in [-0.1, -0.05) is 0 Å². The number of hydrogen-bond acceptors (Lipinski definition) is 2. The third-order valence-corrected chi connectivity index (χ3v) is 1.95. The van der Waals surface area contributed by atoms with Gasteiger partial charge in [0.25, 0.3) is 0 Å². The van der Waals surface area contributed by atoms with Gasteiger partial charge in [0.05, 0.1) is 0 Å². The van der Waals surface area contributed by atoms with E-state index in [-0.39, 0.29) is 0 Å². The van der Waals surface area contributed by atoms with Crippen molar-refractivity contribution in [1.29, 1.82) is 0 Å². The molecule has 0 saturated carbocycles. The second-order valence-corrected chi connectivity index (χ2v) is 2.96. The minimum Gasteiger partial charge on any atom is -0.340 e. The summed E-state index contributed by atoms with van der Waals surface area (Å²) in [5, 5.41) is 3.30. The van der Waals surface area contributed by atoms with Crippen LogP contribution >= 0.6 is 0 Å². The average Bonchev–Trinajstić information content (AvgIpc) is 1.94. The van der Waals surface area contributed by atoms with Gasteiger partial charge in [-0.2, -0.15) is 0 Å². The number of piperazine rings is 1. The molecule has 1 aliphatic heterocycles. The molecule has 0 spiro atoms. The van der Waals surface area contributed by atoms with Crippen molar-refractivity contribution in [1.82, 2.24) is 10.2 Å². The van der Waals surface area contributed by atoms with Crippen molar-refractivity contribution in [3.05, 3.63) is 0 Å². The van der Waals surface area contributed by atoms with Crippen LogP contribution in [0.5, 0.6) is 0 Å². The van der Waals surface area contributed by atoms with Crippen LogP contribution in [0.2, 0.25) is 0 Å². The van der Waals surface area contributed by atoms with Crippen molar-refractivity contribution in [3.8, 4) is 0 Å². The van der Waals surface area contributed by atoms with Crippen LogP contribution in [0.1, 0.15) is 13.8 Å². The SMILES string of the molecule is C[C@@H]1CN[C@@H](C)CN1C=O. The highest BCUT2D eigenvalue weighted by Crippen LogP contribution is 2.02. The topological polar surface area (TPSA) is 32.3 Å². The van der Waals surface area contributed by atoms with Crippen LogP contribution in [0.4, 0.5) is 0 Å². The normalized spacial score (nSPS) is 34.0. The van der Waals surface area contributed by atoms with E-state index in [1.165, 1.54) is 0 Å². The molecular weight excluding hydrogens is 128 g/mol. The second kappa shape index (κ2) is 3.01. The lowest BCUT2D eigenvalue weighted by Crippen LogP contribution is -2.53. The van der Waals surface area contributed by atoms with Crippen LogP contribution in [-0.2, 0) is 4.79 Å². The molecule has 0 aromatic heterocycles. The first-order valence-corrected chi connectivity index (χ1v) is 3.68. The molecule has 1 N–H and O–H groups in total. The summed E-state index contributed by atoms with van der Waals surface area (Å²) >= 11 is 0. The van der Waals surface area contributed by atoms with E-state index < -0.39 is 0 Å². The van der Waals surface area contributed by atoms with E-state index in [1.54, 1.807) is 0 Å². The minimum absolute atomic E-state index is 0.355. The lowest BCUT2D eigenvalue weighted by Gasteiger charge is -2.34. The number of carbonyl (C=O) groups is 1. The molecule has 1 heterocycles. The number of carbonyl (C=O) groups excluding carboxylic acids is 1. The summed E-state index contributed by atoms with van der Waals surface area (Å²) in [5.41, 5.74) is 0. The number of nitrogens with one attached hydrogen (secondary N) is 1. The molecule has 1 fully saturated rings. The highest BCUT2D eigenvalue weighted by Gasteiger charge is 2.19. The van der Waals surface area contributed by atoms with Crippen LogP contribution in [0.3, 0.4) is 0 Å². The van der Waals surface area contributed by atoms with Gasteiger partial charge >= 0.3 is 0 Å². The van der Waals surface area contributed by atoms with Gasteiger partial charge in [0.15, 0.2) is 0 Å². The summed E-state index contributed by atoms with van der Waals surface area (Å²) in [7, 11) is 0. The minimum atomic E-state index is 0.355. The first-order chi connectivity index (χ1) is 4.74. The zero-order valence-electron chi connectivity index (χ0n) is 6.50. The summed E-state index contributed by atoms with van der Waals surface area (Å²) in [6, 6.07) is 0.801. The molecule has 0 aromatic rings. The molecule has 3 nitrogen and oxygen atoms in total. The molecule has 2 atom stereocenters. The van der Waals surface area contributed by atoms with Crippen molar-refractivity contribution in [2.75, 3.05) is 13.1 Å². The van der Waals surface area contributed by atoms with E-state index in [2.05, 4.69) is 12.2 Å². The van der Waals surface area contributed by atoms with E-state index in [0.29, 0.717) is 12.1 Å². The number of nitrogens with zero attached hydrogens (tertiary/aromatic N) is 1. The van der Waals surface area contributed by atoms with Gasteiger partial charge in [-0.05, 0) is 13.8 Å². The molecule has 58 valence electrons. The van der Waals surface area contributed by atoms with Gasteiger partial charge < -0.3 is 10.2 Å². The highest BCUT2D eigenvalue weighted by molar-refractivity contribution is 5.48. The molecule has 0 aliphatic carbocycles. The predicted molar refractivity (Wildman–Crippen MR) is 39.7 cm³/mol. The maximum Gasteiger partial charge on any atom is 0.210 e. The monoisotopic (exact) mass is 142 g/mol. The Kier molecular flexibility index (Phi) is 2.27. The molecule has 1 saturated heterocycles. The van der Waals surface area contributed by atoms with Crippen LogP contribution in [0.15, 0.2) is 0 Å². The third-order valence-electron chi connectivity index (χ3n) is 1.95. The Hall–Kier alpha value is -0.570. The number of rotatable bonds is 1. The van der Waals surface area contributed by atoms with E-state index in [0.717, 1.165) is 19.5 Å². The molecule has 0 aromatic carbocycles. The van der Waals surface area contributed by atoms with Gasteiger partial charge in [0.1, 0.15) is 0 Å². The van der Waals surface area contributed by atoms with E-state index >= 15 is 0 Å². The quantitative estimate of drug-likeness (QED) is 0.515. The van der Waals surface area contributed by atoms with Crippen LogP contribution in [0, 0.1) is 0 Å². The van der Waals surface area contributed by atoms with E-state index in [1.807, 2.05) is 11.8 Å². The summed E-state index contributed by atoms with van der Waals surface area (Å²) in [5.74, 6) is 0. The average molecular weight is 142 g/mol. The van der Waals surface area contributed by atoms with Gasteiger partial charge in [-0.15, -0.1) is 0 Å². The fourth-order valence-electron chi connectivity index (χ4n) is 1.20. The maximum absolute atomic E-state index is 10.4. The Labute approximate surface area is 61.4 Å². The molecular formula is C7H14N2O. The Bertz CT molecular complexity index is 127. The standard InChI is InChI=1S/C7H14N2O/c1-6-4-9(5-10)7(2)3-8-6/h5-8H,3-4H2,1-2H3/t6-,7+/m0/s1. The first-order valence-electron chi connectivity index (χ1n) is 3.68. The Morgan fingerprint density at radius 2 is 2.30 bits per heavy atom. The summed E-state index contributed by atoms with van der Waals surface area (Å²) in [4.78, 5) is 12.2. The van der Waals surface area contributed by atoms with Gasteiger partial charge in [-0.25, -0.2) is 0 Å². The van der Waals surface area contributed by atoms with Gasteiger partial charge in [-0.3, -0.25) is 4.79 Å². The smallest absolute Gasteiger partial charge is 0.210 e. The summed E-state index contributed by atoms with van der Waals surface area (Å²) < 4.78 is 0. The Morgan fingerprint density at radius 3 is 2.80 bits per heavy atom. The lowest BCUT2D eigenvalue weighted by molar-refractivity contribution is -0.121. The van der Waals surface area contributed by atoms with E-state index in [9.17, 15) is 4.79 Å². The zero-order valence-corrected chi connectivity index (χ0v) is 6.50. The van der Waals surface area contributed by atoms with Crippen molar-refractivity contribution in [2.45, 2.75) is 25.9 Å². The highest BCUT2D eigenvalue weighted by atomic mass is 16.1. The summed E-state index contributed by atoms with van der Waals surface area (Å²) in [6.45, 7) is 5.89. The van der Waals surface area contributed by atoms with Crippen LogP contribution in [-0.4, -0.2) is 36.5 Å². The fraction of sp³-hybridized carbons (Fsp3) is 0.857. The Morgan fingerprint density at radius 1 is 1.60 bits per heavy atom. The maximum atomic E-state index is 10.4. The predicted octanol–water partition coefficient (Wildman–Crippen LogP) is -0.175. The van der Waals surface area contributed by atoms with Gasteiger partial charge in [0, 0.05) is 25.2 Å². The Balaban J connectivity index is 2.45. The molecule has 0 unspecified atom stereocenters. The molecule has 0 radical (unpaired) electrons. The third kappa shape index (κ3) is 1.48. The van der Waals surface area contributed by atoms with Crippen molar-refractivity contribution in [3.63, 3.8) is 0 Å². The molecule has 1 aliphatic rings. The van der Waals surface area contributed by atoms with Crippen molar-refractivity contribution >= 4 is 6.41 Å². The molecule has 1 rings (SSSR count). The largest absolute Gasteiger partial charge is 0.340 e. The van der Waals surface area contributed by atoms with Crippen molar-refractivity contribution in [2.24, 2.45) is 0 Å². The molecule has 1 amide bonds. The van der Waals surface area contributed by atoms with Crippen molar-refractivity contribution < 1.29 is 4.79 Å². The fourth-order valence-corrected chi connectivity index (χ4v) is 1.20. The molecule has 10 heavy (non-hydrogen) atoms. The van der Waals surface area contributed by atoms with Crippen LogP contribution in [0.25, 0.3) is 0 Å². The molecule has 3 heteroatoms. The zero-order chi connectivity index (χ0) is 7.56. The summed E-state index contributed by atoms with van der Waals surface area (Å²) in [6.07, 6.45) is 0.933. The number of amides is 1. The lowest BCUT2D eigenvalue weighted by atomic mass is 10.2. The van der Waals surface area contributed by atoms with Crippen LogP contribution < -0.4 is 5.32 Å². The molecule has 0 bridgehead atoms. The van der Waals surface area contributed by atoms with E-state index in [4.69, 9.17) is 0 Å².